The zero-order valence-electron chi connectivity index (χ0n) is 16.0. The van der Waals surface area contributed by atoms with Crippen molar-refractivity contribution in [1.29, 1.82) is 0 Å². The van der Waals surface area contributed by atoms with E-state index < -0.39 is 4.92 Å². The molecule has 28 heavy (non-hydrogen) atoms. The van der Waals surface area contributed by atoms with Crippen molar-refractivity contribution >= 4 is 22.9 Å². The average Bonchev–Trinajstić information content (AvgIpc) is 2.70. The summed E-state index contributed by atoms with van der Waals surface area (Å²) >= 11 is 0. The molecule has 0 fully saturated rings. The molecule has 1 aliphatic heterocycles. The second-order valence-corrected chi connectivity index (χ2v) is 6.87. The predicted molar refractivity (Wildman–Crippen MR) is 108 cm³/mol. The van der Waals surface area contributed by atoms with Crippen molar-refractivity contribution in [3.8, 4) is 5.75 Å². The van der Waals surface area contributed by atoms with Gasteiger partial charge in [0.05, 0.1) is 25.1 Å². The quantitative estimate of drug-likeness (QED) is 0.593. The molecule has 0 aliphatic carbocycles. The highest BCUT2D eigenvalue weighted by atomic mass is 16.6. The van der Waals surface area contributed by atoms with Gasteiger partial charge in [0, 0.05) is 24.2 Å². The summed E-state index contributed by atoms with van der Waals surface area (Å²) in [6.45, 7) is 3.75. The van der Waals surface area contributed by atoms with Gasteiger partial charge in [-0.1, -0.05) is 30.3 Å². The van der Waals surface area contributed by atoms with Crippen molar-refractivity contribution in [3.63, 3.8) is 0 Å². The molecule has 0 saturated carbocycles. The molecule has 0 radical (unpaired) electrons. The SMILES string of the molecule is COc1cc(NC(=O)C[NH+]2CC=C(c3ccccc3)CC2)c(C)cc1[N+](=O)[O-]. The average molecular weight is 382 g/mol. The number of amides is 1. The van der Waals surface area contributed by atoms with Crippen LogP contribution in [0.15, 0.2) is 48.5 Å². The van der Waals surface area contributed by atoms with Crippen molar-refractivity contribution in [2.24, 2.45) is 0 Å². The lowest BCUT2D eigenvalue weighted by atomic mass is 10.00. The number of anilines is 1. The molecule has 7 nitrogen and oxygen atoms in total. The minimum atomic E-state index is -0.494. The van der Waals surface area contributed by atoms with E-state index in [0.29, 0.717) is 17.8 Å². The van der Waals surface area contributed by atoms with Crippen LogP contribution < -0.4 is 15.0 Å². The monoisotopic (exact) mass is 382 g/mol. The maximum Gasteiger partial charge on any atom is 0.311 e. The molecule has 1 unspecified atom stereocenters. The molecule has 2 aromatic rings. The lowest BCUT2D eigenvalue weighted by Crippen LogP contribution is -3.13. The van der Waals surface area contributed by atoms with Gasteiger partial charge in [0.2, 0.25) is 0 Å². The Bertz CT molecular complexity index is 909. The first-order valence-electron chi connectivity index (χ1n) is 9.19. The highest BCUT2D eigenvalue weighted by molar-refractivity contribution is 5.92. The number of nitro benzene ring substituents is 1. The minimum Gasteiger partial charge on any atom is -0.490 e. The Kier molecular flexibility index (Phi) is 6.06. The van der Waals surface area contributed by atoms with E-state index in [2.05, 4.69) is 23.5 Å². The number of nitrogens with zero attached hydrogens (tertiary/aromatic N) is 1. The first-order valence-corrected chi connectivity index (χ1v) is 9.19. The lowest BCUT2D eigenvalue weighted by molar-refractivity contribution is -0.886. The number of benzene rings is 2. The van der Waals surface area contributed by atoms with Gasteiger partial charge >= 0.3 is 5.69 Å². The minimum absolute atomic E-state index is 0.113. The fraction of sp³-hybridized carbons (Fsp3) is 0.286. The maximum atomic E-state index is 12.5. The Morgan fingerprint density at radius 1 is 1.29 bits per heavy atom. The van der Waals surface area contributed by atoms with Crippen LogP contribution in [0.25, 0.3) is 5.57 Å². The topological polar surface area (TPSA) is 85.9 Å². The third-order valence-corrected chi connectivity index (χ3v) is 4.94. The van der Waals surface area contributed by atoms with Crippen LogP contribution in [0.1, 0.15) is 17.5 Å². The van der Waals surface area contributed by atoms with Crippen molar-refractivity contribution in [3.05, 3.63) is 69.8 Å². The largest absolute Gasteiger partial charge is 0.490 e. The van der Waals surface area contributed by atoms with Gasteiger partial charge in [-0.3, -0.25) is 14.9 Å². The zero-order valence-corrected chi connectivity index (χ0v) is 16.0. The summed E-state index contributed by atoms with van der Waals surface area (Å²) in [6.07, 6.45) is 3.12. The van der Waals surface area contributed by atoms with E-state index >= 15 is 0 Å². The lowest BCUT2D eigenvalue weighted by Gasteiger charge is -2.23. The van der Waals surface area contributed by atoms with E-state index in [1.165, 1.54) is 35.3 Å². The number of carbonyl (C=O) groups is 1. The molecule has 0 spiro atoms. The number of aryl methyl sites for hydroxylation is 1. The van der Waals surface area contributed by atoms with E-state index in [0.717, 1.165) is 19.5 Å². The van der Waals surface area contributed by atoms with Crippen LogP contribution in [0.3, 0.4) is 0 Å². The van der Waals surface area contributed by atoms with Crippen molar-refractivity contribution < 1.29 is 19.4 Å². The van der Waals surface area contributed by atoms with Gasteiger partial charge in [0.1, 0.15) is 0 Å². The molecule has 146 valence electrons. The summed E-state index contributed by atoms with van der Waals surface area (Å²) in [6, 6.07) is 13.2. The second-order valence-electron chi connectivity index (χ2n) is 6.87. The van der Waals surface area contributed by atoms with Gasteiger partial charge in [-0.05, 0) is 29.7 Å². The molecule has 2 aromatic carbocycles. The van der Waals surface area contributed by atoms with Gasteiger partial charge in [0.15, 0.2) is 12.3 Å². The number of quaternary nitrogens is 1. The molecule has 1 amide bonds. The van der Waals surface area contributed by atoms with Gasteiger partial charge < -0.3 is 15.0 Å². The summed E-state index contributed by atoms with van der Waals surface area (Å²) < 4.78 is 5.08. The molecule has 0 saturated heterocycles. The highest BCUT2D eigenvalue weighted by Crippen LogP contribution is 2.32. The third-order valence-electron chi connectivity index (χ3n) is 4.94. The molecule has 2 N–H and O–H groups in total. The van der Waals surface area contributed by atoms with Crippen LogP contribution >= 0.6 is 0 Å². The molecule has 0 aromatic heterocycles. The molecule has 0 bridgehead atoms. The molecule has 7 heteroatoms. The number of hydrogen-bond acceptors (Lipinski definition) is 4. The number of ether oxygens (including phenoxy) is 1. The number of methoxy groups -OCH3 is 1. The summed E-state index contributed by atoms with van der Waals surface area (Å²) in [4.78, 5) is 24.3. The van der Waals surface area contributed by atoms with Crippen LogP contribution in [-0.2, 0) is 4.79 Å². The van der Waals surface area contributed by atoms with Gasteiger partial charge in [0.25, 0.3) is 5.91 Å². The fourth-order valence-electron chi connectivity index (χ4n) is 3.39. The molecule has 1 heterocycles. The van der Waals surface area contributed by atoms with E-state index in [1.807, 2.05) is 18.2 Å². The molecule has 1 aliphatic rings. The van der Waals surface area contributed by atoms with Crippen LogP contribution in [-0.4, -0.2) is 37.6 Å². The summed E-state index contributed by atoms with van der Waals surface area (Å²) in [5.41, 5.74) is 3.60. The van der Waals surface area contributed by atoms with E-state index in [4.69, 9.17) is 4.74 Å². The molecular weight excluding hydrogens is 358 g/mol. The van der Waals surface area contributed by atoms with Gasteiger partial charge in [-0.25, -0.2) is 0 Å². The second kappa shape index (κ2) is 8.67. The van der Waals surface area contributed by atoms with Crippen molar-refractivity contribution in [2.45, 2.75) is 13.3 Å². The molecule has 3 rings (SSSR count). The third kappa shape index (κ3) is 4.55. The number of carbonyl (C=O) groups excluding carboxylic acids is 1. The van der Waals surface area contributed by atoms with Crippen LogP contribution in [0.2, 0.25) is 0 Å². The highest BCUT2D eigenvalue weighted by Gasteiger charge is 2.21. The Morgan fingerprint density at radius 2 is 2.04 bits per heavy atom. The van der Waals surface area contributed by atoms with E-state index in [-0.39, 0.29) is 17.3 Å². The number of hydrogen-bond donors (Lipinski definition) is 2. The predicted octanol–water partition coefficient (Wildman–Crippen LogP) is 2.22. The van der Waals surface area contributed by atoms with Crippen molar-refractivity contribution in [2.75, 3.05) is 32.1 Å². The smallest absolute Gasteiger partial charge is 0.311 e. The van der Waals surface area contributed by atoms with Crippen LogP contribution in [0.5, 0.6) is 5.75 Å². The Labute approximate surface area is 163 Å². The Balaban J connectivity index is 1.62. The number of rotatable bonds is 6. The summed E-state index contributed by atoms with van der Waals surface area (Å²) in [5, 5.41) is 13.9. The first-order chi connectivity index (χ1) is 13.5. The maximum absolute atomic E-state index is 12.5. The normalized spacial score (nSPS) is 16.2. The number of nitrogens with one attached hydrogen (secondary N) is 2. The Morgan fingerprint density at radius 3 is 2.64 bits per heavy atom. The van der Waals surface area contributed by atoms with Crippen molar-refractivity contribution in [1.82, 2.24) is 0 Å². The van der Waals surface area contributed by atoms with Crippen LogP contribution in [0.4, 0.5) is 11.4 Å². The van der Waals surface area contributed by atoms with E-state index in [9.17, 15) is 14.9 Å². The number of nitro groups is 1. The fourth-order valence-corrected chi connectivity index (χ4v) is 3.39. The van der Waals surface area contributed by atoms with Crippen LogP contribution in [0, 0.1) is 17.0 Å². The first kappa shape index (κ1) is 19.6. The van der Waals surface area contributed by atoms with E-state index in [1.54, 1.807) is 6.92 Å². The Hall–Kier alpha value is -3.19. The summed E-state index contributed by atoms with van der Waals surface area (Å²) in [5.74, 6) is 0.0113. The standard InChI is InChI=1S/C21H23N3O4/c1-15-12-19(24(26)27)20(28-2)13-18(15)22-21(25)14-23-10-8-17(9-11-23)16-6-4-3-5-7-16/h3-8,12-13H,9-11,14H2,1-2H3,(H,22,25)/p+1. The molecular formula is C21H24N3O4+. The molecule has 1 atom stereocenters. The summed E-state index contributed by atoms with van der Waals surface area (Å²) in [7, 11) is 1.37. The van der Waals surface area contributed by atoms with Gasteiger partial charge in [-0.2, -0.15) is 0 Å². The zero-order chi connectivity index (χ0) is 20.1. The van der Waals surface area contributed by atoms with Gasteiger partial charge in [-0.15, -0.1) is 0 Å².